The van der Waals surface area contributed by atoms with Crippen LogP contribution in [-0.2, 0) is 19.9 Å². The summed E-state index contributed by atoms with van der Waals surface area (Å²) in [6.07, 6.45) is 0. The van der Waals surface area contributed by atoms with E-state index in [9.17, 15) is 16.8 Å². The Kier molecular flexibility index (Phi) is 7.65. The second-order valence-corrected chi connectivity index (χ2v) is 15.1. The molecule has 1 heterocycles. The zero-order chi connectivity index (χ0) is 24.3. The molecule has 0 bridgehead atoms. The van der Waals surface area contributed by atoms with Crippen LogP contribution in [0.25, 0.3) is 0 Å². The van der Waals surface area contributed by atoms with E-state index in [0.717, 1.165) is 16.4 Å². The van der Waals surface area contributed by atoms with E-state index in [1.807, 2.05) is 32.0 Å². The maximum atomic E-state index is 13.4. The summed E-state index contributed by atoms with van der Waals surface area (Å²) in [6, 6.07) is 23.8. The Morgan fingerprint density at radius 1 is 0.735 bits per heavy atom. The van der Waals surface area contributed by atoms with Crippen molar-refractivity contribution in [2.75, 3.05) is 18.8 Å². The van der Waals surface area contributed by atoms with E-state index >= 15 is 0 Å². The number of hydrogen-bond acceptors (Lipinski definition) is 4. The van der Waals surface area contributed by atoms with Crippen molar-refractivity contribution >= 4 is 39.3 Å². The molecule has 0 aliphatic carbocycles. The van der Waals surface area contributed by atoms with Crippen molar-refractivity contribution in [1.29, 1.82) is 0 Å². The van der Waals surface area contributed by atoms with Gasteiger partial charge in [0.15, 0.2) is 0 Å². The van der Waals surface area contributed by atoms with Gasteiger partial charge in [0, 0.05) is 0 Å². The third-order valence-corrected chi connectivity index (χ3v) is 12.4. The molecule has 5 nitrogen and oxygen atoms in total. The van der Waals surface area contributed by atoms with Crippen molar-refractivity contribution in [2.24, 2.45) is 11.8 Å². The van der Waals surface area contributed by atoms with Gasteiger partial charge >= 0.3 is 210 Å². The Morgan fingerprint density at radius 2 is 1.26 bits per heavy atom. The summed E-state index contributed by atoms with van der Waals surface area (Å²) in [6.45, 7) is 4.40. The summed E-state index contributed by atoms with van der Waals surface area (Å²) in [7, 11) is -7.21. The fraction of sp³-hybridized carbons (Fsp3) is 0.308. The molecule has 1 aliphatic heterocycles. The molecule has 1 saturated heterocycles. The van der Waals surface area contributed by atoms with Crippen LogP contribution < -0.4 is 4.46 Å². The molecule has 3 aromatic carbocycles. The number of sulfone groups is 1. The molecule has 0 amide bonds. The van der Waals surface area contributed by atoms with Gasteiger partial charge in [-0.2, -0.15) is 0 Å². The molecule has 180 valence electrons. The number of benzene rings is 3. The Balaban J connectivity index is 1.58. The standard InChI is InChI=1S/C26H29NO4S2Se/c1-20-8-12-24(13-9-20)32(28,29)18-22-16-27(33(30,31)25-14-10-21(2)11-15-25)17-23(22)19-34-26-6-4-3-5-7-26/h3-15,22-23H,16-19H2,1-2H3/t22-,23+/m0/s1. The summed E-state index contributed by atoms with van der Waals surface area (Å²) < 4.78 is 55.9. The summed E-state index contributed by atoms with van der Waals surface area (Å²) in [5.41, 5.74) is 1.99. The second kappa shape index (κ2) is 10.3. The molecule has 0 unspecified atom stereocenters. The van der Waals surface area contributed by atoms with Gasteiger partial charge in [-0.3, -0.25) is 0 Å². The van der Waals surface area contributed by atoms with Crippen LogP contribution in [0.5, 0.6) is 0 Å². The van der Waals surface area contributed by atoms with Crippen molar-refractivity contribution in [1.82, 2.24) is 4.31 Å². The van der Waals surface area contributed by atoms with Crippen LogP contribution in [0, 0.1) is 25.7 Å². The average Bonchev–Trinajstić information content (AvgIpc) is 3.22. The van der Waals surface area contributed by atoms with Crippen molar-refractivity contribution in [3.63, 3.8) is 0 Å². The fourth-order valence-corrected chi connectivity index (χ4v) is 9.79. The number of aryl methyl sites for hydroxylation is 2. The van der Waals surface area contributed by atoms with Gasteiger partial charge in [0.2, 0.25) is 0 Å². The third-order valence-electron chi connectivity index (χ3n) is 6.22. The Morgan fingerprint density at radius 3 is 1.85 bits per heavy atom. The zero-order valence-corrected chi connectivity index (χ0v) is 22.6. The van der Waals surface area contributed by atoms with Crippen LogP contribution in [0.3, 0.4) is 0 Å². The molecule has 0 spiro atoms. The summed E-state index contributed by atoms with van der Waals surface area (Å²) in [4.78, 5) is 0.553. The Hall–Kier alpha value is -1.96. The van der Waals surface area contributed by atoms with Gasteiger partial charge in [-0.25, -0.2) is 0 Å². The predicted molar refractivity (Wildman–Crippen MR) is 137 cm³/mol. The minimum absolute atomic E-state index is 0.0133. The van der Waals surface area contributed by atoms with E-state index in [-0.39, 0.29) is 44.0 Å². The van der Waals surface area contributed by atoms with Crippen molar-refractivity contribution < 1.29 is 16.8 Å². The first-order valence-corrected chi connectivity index (χ1v) is 16.4. The molecule has 34 heavy (non-hydrogen) atoms. The average molecular weight is 563 g/mol. The van der Waals surface area contributed by atoms with E-state index in [4.69, 9.17) is 0 Å². The molecule has 4 rings (SSSR count). The monoisotopic (exact) mass is 563 g/mol. The molecule has 3 aromatic rings. The van der Waals surface area contributed by atoms with E-state index in [1.165, 1.54) is 8.77 Å². The van der Waals surface area contributed by atoms with Crippen molar-refractivity contribution in [2.45, 2.75) is 29.0 Å². The first-order chi connectivity index (χ1) is 16.1. The van der Waals surface area contributed by atoms with Gasteiger partial charge in [0.05, 0.1) is 0 Å². The Labute approximate surface area is 209 Å². The minimum atomic E-state index is -3.68. The number of hydrogen-bond donors (Lipinski definition) is 0. The van der Waals surface area contributed by atoms with Gasteiger partial charge in [-0.1, -0.05) is 0 Å². The molecule has 8 heteroatoms. The predicted octanol–water partition coefficient (Wildman–Crippen LogP) is 3.46. The summed E-state index contributed by atoms with van der Waals surface area (Å²) in [5.74, 6) is -0.316. The van der Waals surface area contributed by atoms with Crippen LogP contribution in [0.4, 0.5) is 0 Å². The maximum absolute atomic E-state index is 13.4. The molecular weight excluding hydrogens is 533 g/mol. The van der Waals surface area contributed by atoms with Gasteiger partial charge in [-0.15, -0.1) is 0 Å². The van der Waals surface area contributed by atoms with E-state index in [0.29, 0.717) is 11.4 Å². The topological polar surface area (TPSA) is 71.5 Å². The van der Waals surface area contributed by atoms with Crippen LogP contribution in [0.2, 0.25) is 5.32 Å². The quantitative estimate of drug-likeness (QED) is 0.395. The zero-order valence-electron chi connectivity index (χ0n) is 19.3. The molecule has 2 atom stereocenters. The molecule has 0 saturated carbocycles. The number of sulfonamides is 1. The van der Waals surface area contributed by atoms with Crippen LogP contribution in [-0.4, -0.2) is 54.9 Å². The van der Waals surface area contributed by atoms with Gasteiger partial charge in [0.25, 0.3) is 0 Å². The molecule has 1 aliphatic rings. The fourth-order valence-electron chi connectivity index (χ4n) is 4.17. The van der Waals surface area contributed by atoms with E-state index in [1.54, 1.807) is 48.5 Å². The summed E-state index contributed by atoms with van der Waals surface area (Å²) >= 11 is 0.140. The normalized spacial score (nSPS) is 19.4. The van der Waals surface area contributed by atoms with Crippen molar-refractivity contribution in [3.05, 3.63) is 90.0 Å². The van der Waals surface area contributed by atoms with E-state index < -0.39 is 19.9 Å². The van der Waals surface area contributed by atoms with Gasteiger partial charge in [-0.05, 0) is 0 Å². The molecular formula is C26H29NO4S2Se. The van der Waals surface area contributed by atoms with Crippen LogP contribution in [0.1, 0.15) is 11.1 Å². The first-order valence-electron chi connectivity index (χ1n) is 11.2. The first kappa shape index (κ1) is 25.1. The van der Waals surface area contributed by atoms with Gasteiger partial charge in [0.1, 0.15) is 0 Å². The van der Waals surface area contributed by atoms with E-state index in [2.05, 4.69) is 12.1 Å². The number of rotatable bonds is 8. The molecule has 0 aromatic heterocycles. The van der Waals surface area contributed by atoms with Gasteiger partial charge < -0.3 is 0 Å². The third kappa shape index (κ3) is 5.81. The van der Waals surface area contributed by atoms with Crippen LogP contribution in [0.15, 0.2) is 88.7 Å². The number of nitrogens with zero attached hydrogens (tertiary/aromatic N) is 1. The summed E-state index contributed by atoms with van der Waals surface area (Å²) in [5, 5.41) is 0.797. The van der Waals surface area contributed by atoms with Crippen molar-refractivity contribution in [3.8, 4) is 0 Å². The second-order valence-electron chi connectivity index (χ2n) is 8.87. The molecule has 0 N–H and O–H groups in total. The Bertz CT molecular complexity index is 1320. The van der Waals surface area contributed by atoms with Crippen LogP contribution >= 0.6 is 0 Å². The SMILES string of the molecule is Cc1ccc(S(=O)(=O)C[C@@H]2CN(S(=O)(=O)c3ccc(C)cc3)C[C@@H]2C[Se]c2ccccc2)cc1. The molecule has 1 fully saturated rings. The molecule has 0 radical (unpaired) electrons.